The van der Waals surface area contributed by atoms with E-state index in [0.29, 0.717) is 18.0 Å². The average molecular weight is 586 g/mol. The molecule has 3 aromatic rings. The fourth-order valence-electron chi connectivity index (χ4n) is 5.97. The molecule has 0 radical (unpaired) electrons. The zero-order valence-corrected chi connectivity index (χ0v) is 25.9. The van der Waals surface area contributed by atoms with Gasteiger partial charge in [0.2, 0.25) is 5.56 Å². The van der Waals surface area contributed by atoms with E-state index in [4.69, 9.17) is 9.47 Å². The molecule has 8 nitrogen and oxygen atoms in total. The molecule has 1 saturated carbocycles. The van der Waals surface area contributed by atoms with Crippen molar-refractivity contribution in [3.8, 4) is 11.1 Å². The minimum Gasteiger partial charge on any atom is -0.465 e. The van der Waals surface area contributed by atoms with Crippen LogP contribution in [0.3, 0.4) is 0 Å². The van der Waals surface area contributed by atoms with Gasteiger partial charge in [-0.15, -0.1) is 0 Å². The number of likely N-dealkylation sites (tertiary alicyclic amines) is 1. The number of piperidine rings is 1. The number of rotatable bonds is 8. The Balaban J connectivity index is 1.20. The Morgan fingerprint density at radius 2 is 1.58 bits per heavy atom. The molecule has 1 aliphatic heterocycles. The summed E-state index contributed by atoms with van der Waals surface area (Å²) in [5.74, 6) is 0.381. The number of ether oxygens (including phenoxy) is 2. The summed E-state index contributed by atoms with van der Waals surface area (Å²) in [6, 6.07) is 19.7. The first-order valence-corrected chi connectivity index (χ1v) is 15.2. The summed E-state index contributed by atoms with van der Waals surface area (Å²) in [6.45, 7) is 9.22. The molecule has 2 aromatic carbocycles. The summed E-state index contributed by atoms with van der Waals surface area (Å²) in [6.07, 6.45) is 4.60. The molecular formula is C35H43N3O5. The second-order valence-electron chi connectivity index (χ2n) is 12.9. The van der Waals surface area contributed by atoms with E-state index in [1.54, 1.807) is 17.7 Å². The van der Waals surface area contributed by atoms with E-state index in [-0.39, 0.29) is 29.6 Å². The number of carbonyl (C=O) groups excluding carboxylic acids is 2. The van der Waals surface area contributed by atoms with E-state index in [2.05, 4.69) is 29.2 Å². The third-order valence-corrected chi connectivity index (χ3v) is 8.49. The SMILES string of the molecule is COC(=O)c1ccc(CN2CCC(CN(C(=O)OC(C)(C)C)C3CC3c3ccc(-c4ccc(=O)n(C)c4)cc3)CC2)cc1. The maximum atomic E-state index is 13.4. The summed E-state index contributed by atoms with van der Waals surface area (Å²) in [4.78, 5) is 41.3. The highest BCUT2D eigenvalue weighted by atomic mass is 16.6. The molecule has 0 N–H and O–H groups in total. The number of carbonyl (C=O) groups is 2. The largest absolute Gasteiger partial charge is 0.465 e. The smallest absolute Gasteiger partial charge is 0.410 e. The van der Waals surface area contributed by atoms with Crippen molar-refractivity contribution in [2.75, 3.05) is 26.7 Å². The minimum absolute atomic E-state index is 0.0270. The van der Waals surface area contributed by atoms with Crippen molar-refractivity contribution < 1.29 is 19.1 Å². The number of benzene rings is 2. The normalized spacial score (nSPS) is 19.1. The van der Waals surface area contributed by atoms with Gasteiger partial charge in [0.25, 0.3) is 0 Å². The highest BCUT2D eigenvalue weighted by Gasteiger charge is 2.46. The van der Waals surface area contributed by atoms with E-state index in [0.717, 1.165) is 50.0 Å². The number of nitrogens with zero attached hydrogens (tertiary/aromatic N) is 3. The molecule has 1 saturated heterocycles. The van der Waals surface area contributed by atoms with Crippen LogP contribution in [0.1, 0.15) is 67.4 Å². The van der Waals surface area contributed by atoms with Gasteiger partial charge in [0.15, 0.2) is 0 Å². The summed E-state index contributed by atoms with van der Waals surface area (Å²) in [5.41, 5.74) is 4.44. The lowest BCUT2D eigenvalue weighted by Crippen LogP contribution is -2.44. The Kier molecular flexibility index (Phi) is 9.06. The topological polar surface area (TPSA) is 81.1 Å². The summed E-state index contributed by atoms with van der Waals surface area (Å²) >= 11 is 0. The lowest BCUT2D eigenvalue weighted by atomic mass is 9.95. The van der Waals surface area contributed by atoms with Crippen molar-refractivity contribution in [2.24, 2.45) is 13.0 Å². The number of pyridine rings is 1. The predicted octanol–water partition coefficient (Wildman–Crippen LogP) is 5.84. The number of amides is 1. The molecule has 1 aliphatic carbocycles. The van der Waals surface area contributed by atoms with Crippen LogP contribution in [-0.2, 0) is 23.1 Å². The Hall–Kier alpha value is -3.91. The van der Waals surface area contributed by atoms with Crippen LogP contribution >= 0.6 is 0 Å². The first kappa shape index (κ1) is 30.5. The van der Waals surface area contributed by atoms with Gasteiger partial charge >= 0.3 is 12.1 Å². The maximum Gasteiger partial charge on any atom is 0.410 e. The summed E-state index contributed by atoms with van der Waals surface area (Å²) < 4.78 is 12.3. The molecule has 8 heteroatoms. The van der Waals surface area contributed by atoms with Gasteiger partial charge in [-0.05, 0) is 99.5 Å². The van der Waals surface area contributed by atoms with E-state index in [1.807, 2.05) is 62.2 Å². The molecule has 0 bridgehead atoms. The molecule has 228 valence electrons. The Morgan fingerprint density at radius 1 is 0.930 bits per heavy atom. The number of hydrogen-bond acceptors (Lipinski definition) is 6. The second kappa shape index (κ2) is 12.8. The molecule has 0 spiro atoms. The van der Waals surface area contributed by atoms with Gasteiger partial charge in [-0.3, -0.25) is 9.69 Å². The lowest BCUT2D eigenvalue weighted by Gasteiger charge is -2.36. The quantitative estimate of drug-likeness (QED) is 0.309. The predicted molar refractivity (Wildman–Crippen MR) is 167 cm³/mol. The van der Waals surface area contributed by atoms with Crippen LogP contribution in [0.5, 0.6) is 0 Å². The zero-order valence-electron chi connectivity index (χ0n) is 25.9. The fraction of sp³-hybridized carbons (Fsp3) is 0.457. The Bertz CT molecular complexity index is 1480. The molecule has 2 heterocycles. The molecule has 2 fully saturated rings. The molecule has 1 aromatic heterocycles. The number of methoxy groups -OCH3 is 1. The fourth-order valence-corrected chi connectivity index (χ4v) is 5.97. The number of esters is 1. The second-order valence-corrected chi connectivity index (χ2v) is 12.9. The number of hydrogen-bond donors (Lipinski definition) is 0. The van der Waals surface area contributed by atoms with Crippen molar-refractivity contribution in [2.45, 2.75) is 64.1 Å². The van der Waals surface area contributed by atoms with Crippen molar-refractivity contribution >= 4 is 12.1 Å². The van der Waals surface area contributed by atoms with Crippen LogP contribution in [0, 0.1) is 5.92 Å². The van der Waals surface area contributed by atoms with Crippen LogP contribution in [0.25, 0.3) is 11.1 Å². The molecule has 2 unspecified atom stereocenters. The van der Waals surface area contributed by atoms with Crippen molar-refractivity contribution in [3.05, 3.63) is 93.9 Å². The number of aromatic nitrogens is 1. The zero-order chi connectivity index (χ0) is 30.7. The summed E-state index contributed by atoms with van der Waals surface area (Å²) in [7, 11) is 3.15. The van der Waals surface area contributed by atoms with E-state index < -0.39 is 5.60 Å². The van der Waals surface area contributed by atoms with Gasteiger partial charge in [-0.25, -0.2) is 9.59 Å². The maximum absolute atomic E-state index is 13.4. The molecule has 2 aliphatic rings. The average Bonchev–Trinajstić information content (AvgIpc) is 3.78. The van der Waals surface area contributed by atoms with Crippen molar-refractivity contribution in [1.82, 2.24) is 14.4 Å². The van der Waals surface area contributed by atoms with Crippen LogP contribution in [0.15, 0.2) is 71.7 Å². The molecule has 2 atom stereocenters. The Labute approximate surface area is 254 Å². The highest BCUT2D eigenvalue weighted by Crippen LogP contribution is 2.46. The standard InChI is InChI=1S/C35H43N3O5/c1-35(2,3)43-34(41)38(22-25-16-18-37(19-17-25)21-24-6-8-28(9-7-24)33(40)42-5)31-20-30(31)27-12-10-26(11-13-27)29-14-15-32(39)36(4)23-29/h6-15,23,25,30-31H,16-22H2,1-5H3. The number of aryl methyl sites for hydroxylation is 1. The van der Waals surface area contributed by atoms with Gasteiger partial charge in [0, 0.05) is 44.4 Å². The van der Waals surface area contributed by atoms with Crippen molar-refractivity contribution in [3.63, 3.8) is 0 Å². The van der Waals surface area contributed by atoms with Gasteiger partial charge in [0.05, 0.1) is 12.7 Å². The van der Waals surface area contributed by atoms with Crippen LogP contribution < -0.4 is 5.56 Å². The Morgan fingerprint density at radius 3 is 2.19 bits per heavy atom. The highest BCUT2D eigenvalue weighted by molar-refractivity contribution is 5.89. The van der Waals surface area contributed by atoms with Gasteiger partial charge in [0.1, 0.15) is 5.60 Å². The van der Waals surface area contributed by atoms with E-state index in [9.17, 15) is 14.4 Å². The third kappa shape index (κ3) is 7.73. The summed E-state index contributed by atoms with van der Waals surface area (Å²) in [5, 5.41) is 0. The minimum atomic E-state index is -0.552. The monoisotopic (exact) mass is 585 g/mol. The molecular weight excluding hydrogens is 542 g/mol. The first-order chi connectivity index (χ1) is 20.5. The lowest BCUT2D eigenvalue weighted by molar-refractivity contribution is 0.0170. The first-order valence-electron chi connectivity index (χ1n) is 15.2. The van der Waals surface area contributed by atoms with Gasteiger partial charge < -0.3 is 18.9 Å². The third-order valence-electron chi connectivity index (χ3n) is 8.49. The van der Waals surface area contributed by atoms with Crippen LogP contribution in [-0.4, -0.2) is 64.8 Å². The molecule has 43 heavy (non-hydrogen) atoms. The van der Waals surface area contributed by atoms with E-state index >= 15 is 0 Å². The van der Waals surface area contributed by atoms with Crippen LogP contribution in [0.2, 0.25) is 0 Å². The van der Waals surface area contributed by atoms with E-state index in [1.165, 1.54) is 18.2 Å². The van der Waals surface area contributed by atoms with Crippen molar-refractivity contribution in [1.29, 1.82) is 0 Å². The molecule has 1 amide bonds. The van der Waals surface area contributed by atoms with Gasteiger partial charge in [-0.2, -0.15) is 0 Å². The molecule has 5 rings (SSSR count). The van der Waals surface area contributed by atoms with Gasteiger partial charge in [-0.1, -0.05) is 36.4 Å². The van der Waals surface area contributed by atoms with Crippen LogP contribution in [0.4, 0.5) is 4.79 Å².